The third kappa shape index (κ3) is 3.63. The van der Waals surface area contributed by atoms with E-state index in [4.69, 9.17) is 5.11 Å². The zero-order valence-corrected chi connectivity index (χ0v) is 8.10. The lowest BCUT2D eigenvalue weighted by Crippen LogP contribution is -2.14. The molecule has 1 aromatic carbocycles. The molecular formula is C10H12FNO3. The van der Waals surface area contributed by atoms with Crippen LogP contribution in [0.3, 0.4) is 0 Å². The highest BCUT2D eigenvalue weighted by Gasteiger charge is 2.17. The molecule has 0 aliphatic rings. The zero-order valence-electron chi connectivity index (χ0n) is 8.10. The fraction of sp³-hybridized carbons (Fsp3) is 0.400. The molecule has 0 bridgehead atoms. The second kappa shape index (κ2) is 5.41. The van der Waals surface area contributed by atoms with Gasteiger partial charge in [0.2, 0.25) is 6.54 Å². The maximum atomic E-state index is 12.9. The second-order valence-corrected chi connectivity index (χ2v) is 3.28. The molecule has 0 heterocycles. The first-order chi connectivity index (χ1) is 7.13. The quantitative estimate of drug-likeness (QED) is 0.596. The van der Waals surface area contributed by atoms with E-state index in [0.717, 1.165) is 0 Å². The summed E-state index contributed by atoms with van der Waals surface area (Å²) in [6.07, 6.45) is 0.268. The highest BCUT2D eigenvalue weighted by Crippen LogP contribution is 2.20. The summed E-state index contributed by atoms with van der Waals surface area (Å²) in [6.45, 7) is -0.432. The fourth-order valence-corrected chi connectivity index (χ4v) is 1.46. The van der Waals surface area contributed by atoms with Gasteiger partial charge in [0.25, 0.3) is 0 Å². The monoisotopic (exact) mass is 213 g/mol. The van der Waals surface area contributed by atoms with Crippen LogP contribution in [0.5, 0.6) is 0 Å². The van der Waals surface area contributed by atoms with Crippen LogP contribution < -0.4 is 0 Å². The molecule has 0 aliphatic carbocycles. The summed E-state index contributed by atoms with van der Waals surface area (Å²) in [5.41, 5.74) is 0.556. The Morgan fingerprint density at radius 1 is 1.53 bits per heavy atom. The Labute approximate surface area is 86.5 Å². The van der Waals surface area contributed by atoms with Crippen molar-refractivity contribution in [3.8, 4) is 0 Å². The van der Waals surface area contributed by atoms with Gasteiger partial charge >= 0.3 is 0 Å². The van der Waals surface area contributed by atoms with Gasteiger partial charge in [-0.15, -0.1) is 0 Å². The van der Waals surface area contributed by atoms with Gasteiger partial charge in [-0.3, -0.25) is 10.1 Å². The van der Waals surface area contributed by atoms with E-state index in [1.165, 1.54) is 18.2 Å². The molecule has 15 heavy (non-hydrogen) atoms. The number of aliphatic hydroxyl groups excluding tert-OH is 1. The van der Waals surface area contributed by atoms with Crippen molar-refractivity contribution in [3.05, 3.63) is 45.8 Å². The molecule has 1 rings (SSSR count). The van der Waals surface area contributed by atoms with Crippen molar-refractivity contribution in [3.63, 3.8) is 0 Å². The first-order valence-corrected chi connectivity index (χ1v) is 4.61. The number of rotatable bonds is 5. The Balaban J connectivity index is 2.83. The molecular weight excluding hydrogens is 201 g/mol. The van der Waals surface area contributed by atoms with Gasteiger partial charge in [-0.05, 0) is 24.1 Å². The molecule has 82 valence electrons. The lowest BCUT2D eigenvalue weighted by atomic mass is 9.96. The van der Waals surface area contributed by atoms with Crippen LogP contribution in [0.4, 0.5) is 4.39 Å². The van der Waals surface area contributed by atoms with E-state index in [1.807, 2.05) is 0 Å². The van der Waals surface area contributed by atoms with Gasteiger partial charge in [-0.25, -0.2) is 4.39 Å². The van der Waals surface area contributed by atoms with E-state index in [9.17, 15) is 14.5 Å². The lowest BCUT2D eigenvalue weighted by Gasteiger charge is -2.11. The van der Waals surface area contributed by atoms with Crippen LogP contribution in [0.25, 0.3) is 0 Å². The van der Waals surface area contributed by atoms with Crippen molar-refractivity contribution in [2.24, 2.45) is 0 Å². The minimum Gasteiger partial charge on any atom is -0.396 e. The smallest absolute Gasteiger partial charge is 0.210 e. The molecule has 0 aromatic heterocycles. The number of benzene rings is 1. The Bertz CT molecular complexity index is 343. The molecule has 0 radical (unpaired) electrons. The minimum atomic E-state index is -0.453. The molecule has 1 aromatic rings. The molecule has 1 N–H and O–H groups in total. The Morgan fingerprint density at radius 3 is 2.80 bits per heavy atom. The van der Waals surface area contributed by atoms with Crippen LogP contribution in [0.15, 0.2) is 24.3 Å². The molecule has 0 fully saturated rings. The predicted molar refractivity (Wildman–Crippen MR) is 52.7 cm³/mol. The van der Waals surface area contributed by atoms with Gasteiger partial charge in [0.05, 0.1) is 5.92 Å². The maximum Gasteiger partial charge on any atom is 0.210 e. The molecule has 0 saturated carbocycles. The SMILES string of the molecule is O=[N+]([O-])C[C@H](CCO)c1cccc(F)c1. The summed E-state index contributed by atoms with van der Waals surface area (Å²) in [6, 6.07) is 5.69. The van der Waals surface area contributed by atoms with Crippen molar-refractivity contribution in [1.29, 1.82) is 0 Å². The summed E-state index contributed by atoms with van der Waals surface area (Å²) >= 11 is 0. The molecule has 0 unspecified atom stereocenters. The highest BCUT2D eigenvalue weighted by molar-refractivity contribution is 5.20. The topological polar surface area (TPSA) is 63.4 Å². The lowest BCUT2D eigenvalue weighted by molar-refractivity contribution is -0.483. The third-order valence-corrected chi connectivity index (χ3v) is 2.17. The zero-order chi connectivity index (χ0) is 11.3. The molecule has 1 atom stereocenters. The van der Waals surface area contributed by atoms with Crippen LogP contribution in [0.2, 0.25) is 0 Å². The van der Waals surface area contributed by atoms with Crippen LogP contribution in [0, 0.1) is 15.9 Å². The van der Waals surface area contributed by atoms with Crippen molar-refractivity contribution in [2.75, 3.05) is 13.2 Å². The van der Waals surface area contributed by atoms with E-state index in [0.29, 0.717) is 5.56 Å². The van der Waals surface area contributed by atoms with Crippen LogP contribution in [0.1, 0.15) is 17.9 Å². The summed E-state index contributed by atoms with van der Waals surface area (Å²) in [4.78, 5) is 9.92. The molecule has 4 nitrogen and oxygen atoms in total. The van der Waals surface area contributed by atoms with Gasteiger partial charge in [0, 0.05) is 11.5 Å². The van der Waals surface area contributed by atoms with Crippen LogP contribution in [-0.2, 0) is 0 Å². The Hall–Kier alpha value is -1.49. The molecule has 5 heteroatoms. The van der Waals surface area contributed by atoms with E-state index >= 15 is 0 Å². The van der Waals surface area contributed by atoms with Crippen molar-refractivity contribution in [2.45, 2.75) is 12.3 Å². The van der Waals surface area contributed by atoms with E-state index in [-0.39, 0.29) is 19.6 Å². The summed E-state index contributed by atoms with van der Waals surface area (Å²) in [5.74, 6) is -0.848. The average Bonchev–Trinajstić information content (AvgIpc) is 2.16. The van der Waals surface area contributed by atoms with Crippen LogP contribution in [-0.4, -0.2) is 23.2 Å². The highest BCUT2D eigenvalue weighted by atomic mass is 19.1. The Kier molecular flexibility index (Phi) is 4.17. The maximum absolute atomic E-state index is 12.9. The number of nitro groups is 1. The van der Waals surface area contributed by atoms with Gasteiger partial charge in [-0.1, -0.05) is 12.1 Å². The number of halogens is 1. The average molecular weight is 213 g/mol. The van der Waals surface area contributed by atoms with E-state index in [1.54, 1.807) is 6.07 Å². The number of aliphatic hydroxyl groups is 1. The van der Waals surface area contributed by atoms with Gasteiger partial charge < -0.3 is 5.11 Å². The molecule has 0 aliphatic heterocycles. The predicted octanol–water partition coefficient (Wildman–Crippen LogP) is 1.57. The summed E-state index contributed by atoms with van der Waals surface area (Å²) in [5, 5.41) is 19.1. The third-order valence-electron chi connectivity index (χ3n) is 2.17. The molecule has 0 saturated heterocycles. The first-order valence-electron chi connectivity index (χ1n) is 4.61. The van der Waals surface area contributed by atoms with Gasteiger partial charge in [0.15, 0.2) is 0 Å². The van der Waals surface area contributed by atoms with Gasteiger partial charge in [0.1, 0.15) is 5.82 Å². The summed E-state index contributed by atoms with van der Waals surface area (Å²) in [7, 11) is 0. The normalized spacial score (nSPS) is 12.4. The number of hydrogen-bond acceptors (Lipinski definition) is 3. The van der Waals surface area contributed by atoms with E-state index < -0.39 is 16.7 Å². The van der Waals surface area contributed by atoms with Gasteiger partial charge in [-0.2, -0.15) is 0 Å². The number of hydrogen-bond donors (Lipinski definition) is 1. The summed E-state index contributed by atoms with van der Waals surface area (Å²) < 4.78 is 12.9. The minimum absolute atomic E-state index is 0.144. The fourth-order valence-electron chi connectivity index (χ4n) is 1.46. The Morgan fingerprint density at radius 2 is 2.27 bits per heavy atom. The van der Waals surface area contributed by atoms with Crippen molar-refractivity contribution < 1.29 is 14.4 Å². The van der Waals surface area contributed by atoms with Crippen molar-refractivity contribution >= 4 is 0 Å². The van der Waals surface area contributed by atoms with Crippen LogP contribution >= 0.6 is 0 Å². The standard InChI is InChI=1S/C10H12FNO3/c11-10-3-1-2-8(6-10)9(4-5-13)7-12(14)15/h1-3,6,9,13H,4-5,7H2/t9-/m0/s1. The van der Waals surface area contributed by atoms with Crippen molar-refractivity contribution in [1.82, 2.24) is 0 Å². The number of nitrogens with zero attached hydrogens (tertiary/aromatic N) is 1. The largest absolute Gasteiger partial charge is 0.396 e. The van der Waals surface area contributed by atoms with E-state index in [2.05, 4.69) is 0 Å². The molecule has 0 amide bonds. The first kappa shape index (κ1) is 11.6. The molecule has 0 spiro atoms. The second-order valence-electron chi connectivity index (χ2n) is 3.28.